The van der Waals surface area contributed by atoms with Crippen LogP contribution in [-0.4, -0.2) is 36.9 Å². The van der Waals surface area contributed by atoms with Crippen molar-refractivity contribution in [3.63, 3.8) is 0 Å². The van der Waals surface area contributed by atoms with E-state index >= 15 is 0 Å². The second-order valence-corrected chi connectivity index (χ2v) is 6.19. The van der Waals surface area contributed by atoms with E-state index in [4.69, 9.17) is 11.2 Å². The molecule has 2 rings (SSSR count). The molecule has 1 aromatic rings. The van der Waals surface area contributed by atoms with Crippen LogP contribution in [0.15, 0.2) is 24.3 Å². The van der Waals surface area contributed by atoms with Crippen LogP contribution >= 0.6 is 0 Å². The number of methoxy groups -OCH3 is 1. The van der Waals surface area contributed by atoms with Crippen molar-refractivity contribution >= 4 is 11.8 Å². The maximum Gasteiger partial charge on any atom is 0.226 e. The molecule has 0 bridgehead atoms. The first-order valence-corrected chi connectivity index (χ1v) is 8.77. The van der Waals surface area contributed by atoms with Gasteiger partial charge in [0.15, 0.2) is 0 Å². The zero-order valence-corrected chi connectivity index (χ0v) is 15.0. The Balaban J connectivity index is 2.42. The van der Waals surface area contributed by atoms with E-state index in [0.717, 1.165) is 18.4 Å². The van der Waals surface area contributed by atoms with Crippen molar-refractivity contribution in [3.8, 4) is 18.1 Å². The molecular formula is C20H26N2O3. The number of unbranched alkanes of at least 4 members (excludes halogenated alkanes) is 1. The normalized spacial score (nSPS) is 20.0. The summed E-state index contributed by atoms with van der Waals surface area (Å²) in [6, 6.07) is 7.26. The standard InChI is InChI=1S/C20H26N2O3/c1-4-6-14-22-18(23)12-11-16(20(24)21-13-5-2)19(22)15-9-7-8-10-17(15)25-3/h2,7-10,16,19H,4,6,11-14H2,1,3H3,(H,21,24)/t16-,19-/m1/s1. The molecule has 0 aromatic heterocycles. The molecule has 1 aliphatic rings. The molecule has 1 fully saturated rings. The van der Waals surface area contributed by atoms with Gasteiger partial charge in [-0.25, -0.2) is 0 Å². The fourth-order valence-corrected chi connectivity index (χ4v) is 3.38. The van der Waals surface area contributed by atoms with Gasteiger partial charge < -0.3 is 15.0 Å². The molecular weight excluding hydrogens is 316 g/mol. The highest BCUT2D eigenvalue weighted by Gasteiger charge is 2.41. The number of carbonyl (C=O) groups is 2. The van der Waals surface area contributed by atoms with Crippen LogP contribution in [-0.2, 0) is 9.59 Å². The van der Waals surface area contributed by atoms with Gasteiger partial charge in [-0.1, -0.05) is 37.5 Å². The van der Waals surface area contributed by atoms with E-state index in [1.165, 1.54) is 0 Å². The molecule has 1 aromatic carbocycles. The van der Waals surface area contributed by atoms with Crippen LogP contribution in [0.1, 0.15) is 44.2 Å². The lowest BCUT2D eigenvalue weighted by Gasteiger charge is -2.41. The van der Waals surface area contributed by atoms with Crippen molar-refractivity contribution in [2.24, 2.45) is 5.92 Å². The number of piperidine rings is 1. The number of nitrogens with one attached hydrogen (secondary N) is 1. The summed E-state index contributed by atoms with van der Waals surface area (Å²) in [5.74, 6) is 2.77. The van der Waals surface area contributed by atoms with Crippen LogP contribution in [0.5, 0.6) is 5.75 Å². The van der Waals surface area contributed by atoms with Crippen LogP contribution < -0.4 is 10.1 Å². The minimum Gasteiger partial charge on any atom is -0.496 e. The Bertz CT molecular complexity index is 651. The van der Waals surface area contributed by atoms with Gasteiger partial charge in [0.05, 0.1) is 25.6 Å². The number of terminal acetylenes is 1. The fraction of sp³-hybridized carbons (Fsp3) is 0.500. The minimum atomic E-state index is -0.334. The first-order chi connectivity index (χ1) is 12.1. The number of hydrogen-bond donors (Lipinski definition) is 1. The third-order valence-corrected chi connectivity index (χ3v) is 4.62. The molecule has 134 valence electrons. The Labute approximate surface area is 149 Å². The van der Waals surface area contributed by atoms with E-state index in [1.54, 1.807) is 7.11 Å². The fourth-order valence-electron chi connectivity index (χ4n) is 3.38. The van der Waals surface area contributed by atoms with Crippen molar-refractivity contribution in [2.75, 3.05) is 20.2 Å². The quantitative estimate of drug-likeness (QED) is 0.775. The molecule has 25 heavy (non-hydrogen) atoms. The number of hydrogen-bond acceptors (Lipinski definition) is 3. The number of nitrogens with zero attached hydrogens (tertiary/aromatic N) is 1. The molecule has 1 aliphatic heterocycles. The van der Waals surface area contributed by atoms with Gasteiger partial charge in [-0.15, -0.1) is 6.42 Å². The van der Waals surface area contributed by atoms with Crippen LogP contribution in [0.3, 0.4) is 0 Å². The summed E-state index contributed by atoms with van der Waals surface area (Å²) in [5.41, 5.74) is 0.870. The number of amides is 2. The zero-order chi connectivity index (χ0) is 18.2. The van der Waals surface area contributed by atoms with Crippen molar-refractivity contribution < 1.29 is 14.3 Å². The Morgan fingerprint density at radius 2 is 2.20 bits per heavy atom. The third kappa shape index (κ3) is 4.33. The summed E-state index contributed by atoms with van der Waals surface area (Å²) in [4.78, 5) is 27.1. The average molecular weight is 342 g/mol. The molecule has 0 unspecified atom stereocenters. The highest BCUT2D eigenvalue weighted by Crippen LogP contribution is 2.40. The van der Waals surface area contributed by atoms with E-state index in [9.17, 15) is 9.59 Å². The Morgan fingerprint density at radius 3 is 2.88 bits per heavy atom. The number of ether oxygens (including phenoxy) is 1. The van der Waals surface area contributed by atoms with Gasteiger partial charge in [-0.3, -0.25) is 9.59 Å². The molecule has 0 radical (unpaired) electrons. The number of para-hydroxylation sites is 1. The lowest BCUT2D eigenvalue weighted by Crippen LogP contribution is -2.48. The van der Waals surface area contributed by atoms with E-state index in [1.807, 2.05) is 29.2 Å². The van der Waals surface area contributed by atoms with Crippen molar-refractivity contribution in [1.29, 1.82) is 0 Å². The number of carbonyl (C=O) groups excluding carboxylic acids is 2. The van der Waals surface area contributed by atoms with E-state index < -0.39 is 0 Å². The van der Waals surface area contributed by atoms with Gasteiger partial charge >= 0.3 is 0 Å². The average Bonchev–Trinajstić information content (AvgIpc) is 2.64. The van der Waals surface area contributed by atoms with Crippen molar-refractivity contribution in [3.05, 3.63) is 29.8 Å². The molecule has 2 atom stereocenters. The molecule has 1 heterocycles. The van der Waals surface area contributed by atoms with Gasteiger partial charge in [0.25, 0.3) is 0 Å². The lowest BCUT2D eigenvalue weighted by atomic mass is 9.83. The molecule has 0 saturated carbocycles. The van der Waals surface area contributed by atoms with Gasteiger partial charge in [0.2, 0.25) is 11.8 Å². The Kier molecular flexibility index (Phi) is 6.88. The van der Waals surface area contributed by atoms with Crippen LogP contribution in [0.2, 0.25) is 0 Å². The topological polar surface area (TPSA) is 58.6 Å². The lowest BCUT2D eigenvalue weighted by molar-refractivity contribution is -0.143. The molecule has 0 aliphatic carbocycles. The number of benzene rings is 1. The number of rotatable bonds is 7. The van der Waals surface area contributed by atoms with Gasteiger partial charge in [-0.2, -0.15) is 0 Å². The summed E-state index contributed by atoms with van der Waals surface area (Å²) >= 11 is 0. The first-order valence-electron chi connectivity index (χ1n) is 8.77. The molecule has 2 amide bonds. The smallest absolute Gasteiger partial charge is 0.226 e. The molecule has 5 nitrogen and oxygen atoms in total. The van der Waals surface area contributed by atoms with E-state index in [-0.39, 0.29) is 30.3 Å². The van der Waals surface area contributed by atoms with Crippen molar-refractivity contribution in [1.82, 2.24) is 10.2 Å². The maximum absolute atomic E-state index is 12.7. The zero-order valence-electron chi connectivity index (χ0n) is 15.0. The second kappa shape index (κ2) is 9.12. The van der Waals surface area contributed by atoms with Crippen LogP contribution in [0.4, 0.5) is 0 Å². The molecule has 1 N–H and O–H groups in total. The third-order valence-electron chi connectivity index (χ3n) is 4.62. The Morgan fingerprint density at radius 1 is 1.44 bits per heavy atom. The molecule has 1 saturated heterocycles. The molecule has 5 heteroatoms. The first kappa shape index (κ1) is 18.9. The van der Waals surface area contributed by atoms with Gasteiger partial charge in [0.1, 0.15) is 5.75 Å². The summed E-state index contributed by atoms with van der Waals surface area (Å²) in [6.45, 7) is 2.91. The predicted molar refractivity (Wildman–Crippen MR) is 96.9 cm³/mol. The minimum absolute atomic E-state index is 0.0883. The highest BCUT2D eigenvalue weighted by molar-refractivity contribution is 5.85. The van der Waals surface area contributed by atoms with Crippen molar-refractivity contribution in [2.45, 2.75) is 38.6 Å². The van der Waals surface area contributed by atoms with Gasteiger partial charge in [-0.05, 0) is 18.9 Å². The summed E-state index contributed by atoms with van der Waals surface area (Å²) < 4.78 is 5.49. The highest BCUT2D eigenvalue weighted by atomic mass is 16.5. The predicted octanol–water partition coefficient (Wildman–Crippen LogP) is 2.52. The monoisotopic (exact) mass is 342 g/mol. The summed E-state index contributed by atoms with van der Waals surface area (Å²) in [5, 5.41) is 2.78. The molecule has 0 spiro atoms. The second-order valence-electron chi connectivity index (χ2n) is 6.19. The van der Waals surface area contributed by atoms with Crippen LogP contribution in [0.25, 0.3) is 0 Å². The largest absolute Gasteiger partial charge is 0.496 e. The van der Waals surface area contributed by atoms with Crippen LogP contribution in [0, 0.1) is 18.3 Å². The van der Waals surface area contributed by atoms with E-state index in [0.29, 0.717) is 25.1 Å². The summed E-state index contributed by atoms with van der Waals surface area (Å²) in [6.07, 6.45) is 8.04. The van der Waals surface area contributed by atoms with E-state index in [2.05, 4.69) is 18.2 Å². The Hall–Kier alpha value is -2.48. The number of likely N-dealkylation sites (tertiary alicyclic amines) is 1. The SMILES string of the molecule is C#CCNC(=O)[C@@H]1CCC(=O)N(CCCC)[C@@H]1c1ccccc1OC. The van der Waals surface area contributed by atoms with Gasteiger partial charge in [0, 0.05) is 18.5 Å². The summed E-state index contributed by atoms with van der Waals surface area (Å²) in [7, 11) is 1.60. The maximum atomic E-state index is 12.7.